The van der Waals surface area contributed by atoms with Gasteiger partial charge in [-0.3, -0.25) is 14.4 Å². The molecule has 6 heteroatoms. The number of hydrogen-bond acceptors (Lipinski definition) is 3. The average molecular weight is 391 g/mol. The number of rotatable bonds is 4. The molecule has 1 fully saturated rings. The molecule has 0 aliphatic carbocycles. The van der Waals surface area contributed by atoms with Crippen LogP contribution in [0.25, 0.3) is 0 Å². The third-order valence-electron chi connectivity index (χ3n) is 5.74. The van der Waals surface area contributed by atoms with Crippen molar-refractivity contribution in [1.82, 2.24) is 4.90 Å². The fraction of sp³-hybridized carbons (Fsp3) is 0.348. The number of amides is 3. The summed E-state index contributed by atoms with van der Waals surface area (Å²) < 4.78 is 0. The molecule has 2 aliphatic rings. The Labute approximate surface area is 170 Å². The highest BCUT2D eigenvalue weighted by atomic mass is 16.2. The highest BCUT2D eigenvalue weighted by molar-refractivity contribution is 6.02. The van der Waals surface area contributed by atoms with Gasteiger partial charge in [-0.25, -0.2) is 0 Å². The molecule has 0 radical (unpaired) electrons. The van der Waals surface area contributed by atoms with Gasteiger partial charge in [0.05, 0.1) is 23.8 Å². The van der Waals surface area contributed by atoms with E-state index in [1.54, 1.807) is 16.7 Å². The SMILES string of the molecule is CC(=O)N1CCc2ccccc2C1CC(=O)Nc1ccccc1N1CCCC1=O. The third-order valence-corrected chi connectivity index (χ3v) is 5.74. The predicted octanol–water partition coefficient (Wildman–Crippen LogP) is 3.29. The molecule has 0 spiro atoms. The number of para-hydroxylation sites is 2. The minimum absolute atomic E-state index is 0.0274. The van der Waals surface area contributed by atoms with Crippen LogP contribution < -0.4 is 10.2 Å². The molecule has 29 heavy (non-hydrogen) atoms. The summed E-state index contributed by atoms with van der Waals surface area (Å²) in [6.07, 6.45) is 2.34. The minimum atomic E-state index is -0.280. The van der Waals surface area contributed by atoms with Crippen molar-refractivity contribution in [3.05, 3.63) is 59.7 Å². The Morgan fingerprint density at radius 1 is 1.03 bits per heavy atom. The second-order valence-corrected chi connectivity index (χ2v) is 7.60. The molecule has 0 saturated carbocycles. The van der Waals surface area contributed by atoms with Gasteiger partial charge in [0.1, 0.15) is 0 Å². The van der Waals surface area contributed by atoms with Gasteiger partial charge < -0.3 is 15.1 Å². The first-order valence-electron chi connectivity index (χ1n) is 10.1. The number of nitrogens with zero attached hydrogens (tertiary/aromatic N) is 2. The first-order valence-corrected chi connectivity index (χ1v) is 10.1. The van der Waals surface area contributed by atoms with E-state index in [2.05, 4.69) is 11.4 Å². The lowest BCUT2D eigenvalue weighted by Gasteiger charge is -2.36. The Hall–Kier alpha value is -3.15. The maximum atomic E-state index is 13.0. The summed E-state index contributed by atoms with van der Waals surface area (Å²) in [6.45, 7) is 2.83. The molecule has 3 amide bonds. The summed E-state index contributed by atoms with van der Waals surface area (Å²) in [5.74, 6) is -0.118. The summed E-state index contributed by atoms with van der Waals surface area (Å²) in [4.78, 5) is 40.8. The summed E-state index contributed by atoms with van der Waals surface area (Å²) >= 11 is 0. The topological polar surface area (TPSA) is 69.7 Å². The Balaban J connectivity index is 1.56. The largest absolute Gasteiger partial charge is 0.335 e. The quantitative estimate of drug-likeness (QED) is 0.870. The van der Waals surface area contributed by atoms with Crippen LogP contribution in [0.4, 0.5) is 11.4 Å². The number of hydrogen-bond donors (Lipinski definition) is 1. The van der Waals surface area contributed by atoms with Crippen molar-refractivity contribution in [3.63, 3.8) is 0 Å². The average Bonchev–Trinajstić information content (AvgIpc) is 3.14. The maximum absolute atomic E-state index is 13.0. The van der Waals surface area contributed by atoms with E-state index in [9.17, 15) is 14.4 Å². The van der Waals surface area contributed by atoms with Crippen molar-refractivity contribution in [2.45, 2.75) is 38.6 Å². The summed E-state index contributed by atoms with van der Waals surface area (Å²) in [5, 5.41) is 2.97. The van der Waals surface area contributed by atoms with Gasteiger partial charge in [0.25, 0.3) is 0 Å². The highest BCUT2D eigenvalue weighted by Crippen LogP contribution is 2.34. The number of benzene rings is 2. The van der Waals surface area contributed by atoms with Crippen molar-refractivity contribution >= 4 is 29.1 Å². The predicted molar refractivity (Wildman–Crippen MR) is 112 cm³/mol. The van der Waals surface area contributed by atoms with Crippen molar-refractivity contribution in [2.75, 3.05) is 23.3 Å². The maximum Gasteiger partial charge on any atom is 0.227 e. The lowest BCUT2D eigenvalue weighted by atomic mass is 9.90. The van der Waals surface area contributed by atoms with Crippen LogP contribution in [0.2, 0.25) is 0 Å². The van der Waals surface area contributed by atoms with E-state index in [-0.39, 0.29) is 30.2 Å². The molecule has 6 nitrogen and oxygen atoms in total. The number of fused-ring (bicyclic) bond motifs is 1. The lowest BCUT2D eigenvalue weighted by molar-refractivity contribution is -0.132. The molecule has 1 unspecified atom stereocenters. The van der Waals surface area contributed by atoms with Gasteiger partial charge in [0.15, 0.2) is 0 Å². The van der Waals surface area contributed by atoms with Gasteiger partial charge in [-0.1, -0.05) is 36.4 Å². The van der Waals surface area contributed by atoms with Crippen LogP contribution in [0.5, 0.6) is 0 Å². The van der Waals surface area contributed by atoms with Gasteiger partial charge in [-0.2, -0.15) is 0 Å². The fourth-order valence-corrected chi connectivity index (χ4v) is 4.34. The number of carbonyl (C=O) groups is 3. The fourth-order valence-electron chi connectivity index (χ4n) is 4.34. The molecular formula is C23H25N3O3. The van der Waals surface area contributed by atoms with Gasteiger partial charge >= 0.3 is 0 Å². The van der Waals surface area contributed by atoms with Gasteiger partial charge in [-0.15, -0.1) is 0 Å². The Morgan fingerprint density at radius 2 is 1.79 bits per heavy atom. The van der Waals surface area contributed by atoms with Crippen molar-refractivity contribution in [2.24, 2.45) is 0 Å². The van der Waals surface area contributed by atoms with E-state index in [1.807, 2.05) is 42.5 Å². The zero-order valence-electron chi connectivity index (χ0n) is 16.6. The molecule has 1 N–H and O–H groups in total. The van der Waals surface area contributed by atoms with E-state index in [1.165, 1.54) is 5.56 Å². The first-order chi connectivity index (χ1) is 14.0. The van der Waals surface area contributed by atoms with E-state index < -0.39 is 0 Å². The zero-order chi connectivity index (χ0) is 20.4. The van der Waals surface area contributed by atoms with Crippen molar-refractivity contribution < 1.29 is 14.4 Å². The van der Waals surface area contributed by atoms with Gasteiger partial charge in [0, 0.05) is 26.4 Å². The molecule has 1 saturated heterocycles. The summed E-state index contributed by atoms with van der Waals surface area (Å²) in [6, 6.07) is 15.1. The molecule has 2 aliphatic heterocycles. The van der Waals surface area contributed by atoms with Crippen LogP contribution in [-0.2, 0) is 20.8 Å². The standard InChI is InChI=1S/C23H25N3O3/c1-16(27)25-14-12-17-7-2-3-8-18(17)21(25)15-22(28)24-19-9-4-5-10-20(19)26-13-6-11-23(26)29/h2-5,7-10,21H,6,11-15H2,1H3,(H,24,28). The van der Waals surface area contributed by atoms with Crippen LogP contribution in [0.3, 0.4) is 0 Å². The molecule has 1 atom stereocenters. The smallest absolute Gasteiger partial charge is 0.227 e. The minimum Gasteiger partial charge on any atom is -0.335 e. The Morgan fingerprint density at radius 3 is 2.55 bits per heavy atom. The number of nitrogens with one attached hydrogen (secondary N) is 1. The van der Waals surface area contributed by atoms with E-state index in [0.717, 1.165) is 24.1 Å². The van der Waals surface area contributed by atoms with Gasteiger partial charge in [0.2, 0.25) is 17.7 Å². The van der Waals surface area contributed by atoms with Gasteiger partial charge in [-0.05, 0) is 36.1 Å². The molecule has 2 aromatic rings. The first kappa shape index (κ1) is 19.2. The molecule has 2 heterocycles. The zero-order valence-corrected chi connectivity index (χ0v) is 16.6. The second kappa shape index (κ2) is 8.07. The normalized spacial score (nSPS) is 18.5. The Bertz CT molecular complexity index is 956. The number of anilines is 2. The molecule has 0 bridgehead atoms. The van der Waals surface area contributed by atoms with Crippen LogP contribution >= 0.6 is 0 Å². The van der Waals surface area contributed by atoms with E-state index in [0.29, 0.717) is 25.2 Å². The van der Waals surface area contributed by atoms with Crippen LogP contribution in [0.15, 0.2) is 48.5 Å². The molecule has 4 rings (SSSR count). The Kier molecular flexibility index (Phi) is 5.34. The summed E-state index contributed by atoms with van der Waals surface area (Å²) in [5.41, 5.74) is 3.58. The van der Waals surface area contributed by atoms with E-state index >= 15 is 0 Å². The molecule has 2 aromatic carbocycles. The van der Waals surface area contributed by atoms with Crippen LogP contribution in [0.1, 0.15) is 43.4 Å². The highest BCUT2D eigenvalue weighted by Gasteiger charge is 2.31. The number of carbonyl (C=O) groups excluding carboxylic acids is 3. The van der Waals surface area contributed by atoms with Crippen LogP contribution in [0, 0.1) is 0 Å². The second-order valence-electron chi connectivity index (χ2n) is 7.60. The third kappa shape index (κ3) is 3.88. The van der Waals surface area contributed by atoms with Crippen LogP contribution in [-0.4, -0.2) is 35.7 Å². The monoisotopic (exact) mass is 391 g/mol. The summed E-state index contributed by atoms with van der Waals surface area (Å²) in [7, 11) is 0. The molecule has 150 valence electrons. The molecular weight excluding hydrogens is 366 g/mol. The van der Waals surface area contributed by atoms with Crippen molar-refractivity contribution in [3.8, 4) is 0 Å². The molecule has 0 aromatic heterocycles. The lowest BCUT2D eigenvalue weighted by Crippen LogP contribution is -2.40. The van der Waals surface area contributed by atoms with Crippen molar-refractivity contribution in [1.29, 1.82) is 0 Å². The van der Waals surface area contributed by atoms with E-state index in [4.69, 9.17) is 0 Å².